The number of benzene rings is 1. The van der Waals surface area contributed by atoms with Crippen LogP contribution in [0, 0.1) is 0 Å². The van der Waals surface area contributed by atoms with E-state index in [1.165, 1.54) is 12.8 Å². The Kier molecular flexibility index (Phi) is 4.27. The molecule has 0 aromatic heterocycles. The maximum absolute atomic E-state index is 11.6. The van der Waals surface area contributed by atoms with E-state index in [9.17, 15) is 4.79 Å². The molecule has 1 aromatic carbocycles. The molecule has 1 saturated heterocycles. The van der Waals surface area contributed by atoms with Gasteiger partial charge in [-0.05, 0) is 49.8 Å². The number of carbonyl (C=O) groups excluding carboxylic acids is 1. The summed E-state index contributed by atoms with van der Waals surface area (Å²) in [6, 6.07) is 5.91. The van der Waals surface area contributed by atoms with E-state index >= 15 is 0 Å². The Bertz CT molecular complexity index is 548. The maximum Gasteiger partial charge on any atom is 0.306 e. The number of hydrogen-bond donors (Lipinski definition) is 0. The van der Waals surface area contributed by atoms with Crippen LogP contribution in [-0.2, 0) is 15.1 Å². The SMILES string of the molecule is CC[C@]1(c2ccc(OC)c(OC3CCCC3)c2)CCC(=O)O1. The number of rotatable bonds is 5. The van der Waals surface area contributed by atoms with Crippen LogP contribution >= 0.6 is 0 Å². The predicted molar refractivity (Wildman–Crippen MR) is 83.2 cm³/mol. The average molecular weight is 304 g/mol. The monoisotopic (exact) mass is 304 g/mol. The van der Waals surface area contributed by atoms with Crippen molar-refractivity contribution in [1.82, 2.24) is 0 Å². The zero-order chi connectivity index (χ0) is 15.6. The van der Waals surface area contributed by atoms with Gasteiger partial charge in [0.1, 0.15) is 5.60 Å². The van der Waals surface area contributed by atoms with Gasteiger partial charge in [-0.15, -0.1) is 0 Å². The van der Waals surface area contributed by atoms with Crippen molar-refractivity contribution < 1.29 is 19.0 Å². The highest BCUT2D eigenvalue weighted by atomic mass is 16.6. The number of hydrogen-bond acceptors (Lipinski definition) is 4. The minimum absolute atomic E-state index is 0.115. The molecule has 1 aromatic rings. The van der Waals surface area contributed by atoms with E-state index in [-0.39, 0.29) is 12.1 Å². The van der Waals surface area contributed by atoms with Crippen molar-refractivity contribution >= 4 is 5.97 Å². The Hall–Kier alpha value is -1.71. The Morgan fingerprint density at radius 1 is 1.27 bits per heavy atom. The molecule has 2 aliphatic rings. The molecule has 1 aliphatic heterocycles. The van der Waals surface area contributed by atoms with Crippen LogP contribution in [0.15, 0.2) is 18.2 Å². The summed E-state index contributed by atoms with van der Waals surface area (Å²) in [7, 11) is 1.65. The molecule has 1 saturated carbocycles. The van der Waals surface area contributed by atoms with Gasteiger partial charge in [0.15, 0.2) is 11.5 Å². The maximum atomic E-state index is 11.6. The third-order valence-corrected chi connectivity index (χ3v) is 4.90. The van der Waals surface area contributed by atoms with Crippen molar-refractivity contribution in [3.8, 4) is 11.5 Å². The van der Waals surface area contributed by atoms with Gasteiger partial charge in [0, 0.05) is 12.8 Å². The zero-order valence-electron chi connectivity index (χ0n) is 13.4. The van der Waals surface area contributed by atoms with Gasteiger partial charge in [0.05, 0.1) is 13.2 Å². The van der Waals surface area contributed by atoms with Crippen molar-refractivity contribution in [1.29, 1.82) is 0 Å². The van der Waals surface area contributed by atoms with Gasteiger partial charge in [0.25, 0.3) is 0 Å². The summed E-state index contributed by atoms with van der Waals surface area (Å²) >= 11 is 0. The number of carbonyl (C=O) groups is 1. The third kappa shape index (κ3) is 2.79. The van der Waals surface area contributed by atoms with Crippen LogP contribution in [0.3, 0.4) is 0 Å². The van der Waals surface area contributed by atoms with Crippen LogP contribution < -0.4 is 9.47 Å². The Morgan fingerprint density at radius 3 is 2.64 bits per heavy atom. The smallest absolute Gasteiger partial charge is 0.306 e. The second kappa shape index (κ2) is 6.19. The molecule has 2 fully saturated rings. The lowest BCUT2D eigenvalue weighted by Gasteiger charge is -2.28. The zero-order valence-corrected chi connectivity index (χ0v) is 13.4. The van der Waals surface area contributed by atoms with Crippen molar-refractivity contribution in [3.05, 3.63) is 23.8 Å². The summed E-state index contributed by atoms with van der Waals surface area (Å²) in [6.45, 7) is 2.06. The first-order valence-corrected chi connectivity index (χ1v) is 8.24. The van der Waals surface area contributed by atoms with Gasteiger partial charge < -0.3 is 14.2 Å². The minimum Gasteiger partial charge on any atom is -0.493 e. The largest absolute Gasteiger partial charge is 0.493 e. The van der Waals surface area contributed by atoms with Gasteiger partial charge in [-0.25, -0.2) is 0 Å². The first-order valence-electron chi connectivity index (χ1n) is 8.24. The van der Waals surface area contributed by atoms with Gasteiger partial charge in [0.2, 0.25) is 0 Å². The van der Waals surface area contributed by atoms with E-state index < -0.39 is 5.60 Å². The first-order chi connectivity index (χ1) is 10.7. The Labute approximate surface area is 131 Å². The molecular formula is C18H24O4. The third-order valence-electron chi connectivity index (χ3n) is 4.90. The minimum atomic E-state index is -0.503. The topological polar surface area (TPSA) is 44.8 Å². The molecule has 0 unspecified atom stereocenters. The quantitative estimate of drug-likeness (QED) is 0.772. The normalized spacial score (nSPS) is 25.3. The number of esters is 1. The summed E-state index contributed by atoms with van der Waals surface area (Å²) in [5.41, 5.74) is 0.506. The van der Waals surface area contributed by atoms with Crippen molar-refractivity contribution in [2.24, 2.45) is 0 Å². The molecule has 3 rings (SSSR count). The first kappa shape index (κ1) is 15.2. The number of ether oxygens (including phenoxy) is 3. The molecule has 1 aliphatic carbocycles. The average Bonchev–Trinajstić information content (AvgIpc) is 3.17. The second-order valence-corrected chi connectivity index (χ2v) is 6.21. The van der Waals surface area contributed by atoms with Crippen LogP contribution in [0.4, 0.5) is 0 Å². The fraction of sp³-hybridized carbons (Fsp3) is 0.611. The Morgan fingerprint density at radius 2 is 2.05 bits per heavy atom. The van der Waals surface area contributed by atoms with Crippen LogP contribution in [0.25, 0.3) is 0 Å². The summed E-state index contributed by atoms with van der Waals surface area (Å²) in [5, 5.41) is 0. The van der Waals surface area contributed by atoms with Crippen LogP contribution in [-0.4, -0.2) is 19.2 Å². The Balaban J connectivity index is 1.90. The lowest BCUT2D eigenvalue weighted by atomic mass is 9.88. The van der Waals surface area contributed by atoms with Crippen molar-refractivity contribution in [2.75, 3.05) is 7.11 Å². The van der Waals surface area contributed by atoms with Gasteiger partial charge in [-0.3, -0.25) is 4.79 Å². The highest BCUT2D eigenvalue weighted by molar-refractivity contribution is 5.72. The van der Waals surface area contributed by atoms with Crippen molar-refractivity contribution in [3.63, 3.8) is 0 Å². The van der Waals surface area contributed by atoms with E-state index in [4.69, 9.17) is 14.2 Å². The predicted octanol–water partition coefficient (Wildman–Crippen LogP) is 3.96. The van der Waals surface area contributed by atoms with Gasteiger partial charge >= 0.3 is 5.97 Å². The fourth-order valence-electron chi connectivity index (χ4n) is 3.52. The molecule has 1 atom stereocenters. The number of methoxy groups -OCH3 is 1. The van der Waals surface area contributed by atoms with E-state index in [1.54, 1.807) is 7.11 Å². The van der Waals surface area contributed by atoms with Crippen LogP contribution in [0.1, 0.15) is 57.4 Å². The second-order valence-electron chi connectivity index (χ2n) is 6.21. The molecule has 120 valence electrons. The van der Waals surface area contributed by atoms with E-state index in [0.29, 0.717) is 6.42 Å². The molecule has 22 heavy (non-hydrogen) atoms. The lowest BCUT2D eigenvalue weighted by Crippen LogP contribution is -2.24. The number of cyclic esters (lactones) is 1. The molecule has 0 N–H and O–H groups in total. The van der Waals surface area contributed by atoms with E-state index in [0.717, 1.165) is 42.7 Å². The molecule has 4 heteroatoms. The van der Waals surface area contributed by atoms with E-state index in [2.05, 4.69) is 6.92 Å². The summed E-state index contributed by atoms with van der Waals surface area (Å²) in [5.74, 6) is 1.39. The molecular weight excluding hydrogens is 280 g/mol. The fourth-order valence-corrected chi connectivity index (χ4v) is 3.52. The van der Waals surface area contributed by atoms with Crippen LogP contribution in [0.5, 0.6) is 11.5 Å². The van der Waals surface area contributed by atoms with Gasteiger partial charge in [-0.1, -0.05) is 13.0 Å². The molecule has 4 nitrogen and oxygen atoms in total. The summed E-state index contributed by atoms with van der Waals surface area (Å²) in [4.78, 5) is 11.6. The lowest BCUT2D eigenvalue weighted by molar-refractivity contribution is -0.149. The van der Waals surface area contributed by atoms with Crippen LogP contribution in [0.2, 0.25) is 0 Å². The highest BCUT2D eigenvalue weighted by Gasteiger charge is 2.41. The molecule has 0 radical (unpaired) electrons. The van der Waals surface area contributed by atoms with Gasteiger partial charge in [-0.2, -0.15) is 0 Å². The van der Waals surface area contributed by atoms with Crippen molar-refractivity contribution in [2.45, 2.75) is 63.6 Å². The van der Waals surface area contributed by atoms with E-state index in [1.807, 2.05) is 18.2 Å². The molecule has 0 bridgehead atoms. The summed E-state index contributed by atoms with van der Waals surface area (Å²) in [6.07, 6.45) is 6.91. The summed E-state index contributed by atoms with van der Waals surface area (Å²) < 4.78 is 17.2. The standard InChI is InChI=1S/C18H24O4/c1-3-18(11-10-17(19)22-18)13-8-9-15(20-2)16(12-13)21-14-6-4-5-7-14/h8-9,12,14H,3-7,10-11H2,1-2H3/t18-/m1/s1. The highest BCUT2D eigenvalue weighted by Crippen LogP contribution is 2.43. The molecule has 0 spiro atoms. The molecule has 1 heterocycles. The molecule has 0 amide bonds.